The summed E-state index contributed by atoms with van der Waals surface area (Å²) in [5.74, 6) is 0.743. The third kappa shape index (κ3) is 3.28. The SMILES string of the molecule is CCOC1CC(N)(C(=O)NCCc2cc(C)ccc2OC)C1(C)C. The molecule has 2 atom stereocenters. The first-order valence-corrected chi connectivity index (χ1v) is 8.58. The van der Waals surface area contributed by atoms with Gasteiger partial charge in [-0.1, -0.05) is 31.5 Å². The third-order valence-corrected chi connectivity index (χ3v) is 5.35. The lowest BCUT2D eigenvalue weighted by Crippen LogP contribution is -2.75. The molecular formula is C19H30N2O3. The van der Waals surface area contributed by atoms with Gasteiger partial charge in [0.25, 0.3) is 0 Å². The van der Waals surface area contributed by atoms with Gasteiger partial charge >= 0.3 is 0 Å². The van der Waals surface area contributed by atoms with Crippen LogP contribution >= 0.6 is 0 Å². The van der Waals surface area contributed by atoms with Gasteiger partial charge in [0.05, 0.1) is 13.2 Å². The summed E-state index contributed by atoms with van der Waals surface area (Å²) in [4.78, 5) is 12.6. The summed E-state index contributed by atoms with van der Waals surface area (Å²) in [5.41, 5.74) is 7.41. The van der Waals surface area contributed by atoms with Gasteiger partial charge in [-0.15, -0.1) is 0 Å². The van der Waals surface area contributed by atoms with Gasteiger partial charge in [-0.25, -0.2) is 0 Å². The van der Waals surface area contributed by atoms with Crippen molar-refractivity contribution < 1.29 is 14.3 Å². The first kappa shape index (κ1) is 18.7. The summed E-state index contributed by atoms with van der Waals surface area (Å²) < 4.78 is 11.1. The summed E-state index contributed by atoms with van der Waals surface area (Å²) >= 11 is 0. The van der Waals surface area contributed by atoms with E-state index in [9.17, 15) is 4.79 Å². The summed E-state index contributed by atoms with van der Waals surface area (Å²) in [5, 5.41) is 2.99. The van der Waals surface area contributed by atoms with Gasteiger partial charge in [-0.3, -0.25) is 4.79 Å². The molecule has 1 aliphatic rings. The van der Waals surface area contributed by atoms with E-state index in [2.05, 4.69) is 11.4 Å². The number of aryl methyl sites for hydroxylation is 1. The lowest BCUT2D eigenvalue weighted by atomic mass is 9.54. The molecule has 1 aromatic carbocycles. The van der Waals surface area contributed by atoms with Gasteiger partial charge in [-0.05, 0) is 31.9 Å². The molecule has 0 radical (unpaired) electrons. The first-order chi connectivity index (χ1) is 11.3. The van der Waals surface area contributed by atoms with Crippen LogP contribution in [0, 0.1) is 12.3 Å². The molecule has 3 N–H and O–H groups in total. The fraction of sp³-hybridized carbons (Fsp3) is 0.632. The predicted molar refractivity (Wildman–Crippen MR) is 95.2 cm³/mol. The van der Waals surface area contributed by atoms with Gasteiger partial charge in [0.2, 0.25) is 5.91 Å². The molecule has 1 aromatic rings. The van der Waals surface area contributed by atoms with Crippen molar-refractivity contribution in [2.24, 2.45) is 11.1 Å². The number of nitrogens with two attached hydrogens (primary N) is 1. The molecule has 24 heavy (non-hydrogen) atoms. The van der Waals surface area contributed by atoms with Crippen molar-refractivity contribution in [2.75, 3.05) is 20.3 Å². The monoisotopic (exact) mass is 334 g/mol. The molecule has 134 valence electrons. The molecule has 2 unspecified atom stereocenters. The van der Waals surface area contributed by atoms with Crippen molar-refractivity contribution >= 4 is 5.91 Å². The Morgan fingerprint density at radius 2 is 2.12 bits per heavy atom. The normalized spacial score (nSPS) is 25.0. The van der Waals surface area contributed by atoms with Crippen LogP contribution in [0.5, 0.6) is 5.75 Å². The molecule has 0 heterocycles. The maximum atomic E-state index is 12.6. The Labute approximate surface area is 144 Å². The van der Waals surface area contributed by atoms with E-state index in [1.54, 1.807) is 7.11 Å². The molecular weight excluding hydrogens is 304 g/mol. The topological polar surface area (TPSA) is 73.6 Å². The van der Waals surface area contributed by atoms with E-state index in [0.717, 1.165) is 11.3 Å². The van der Waals surface area contributed by atoms with Crippen LogP contribution in [0.4, 0.5) is 0 Å². The fourth-order valence-corrected chi connectivity index (χ4v) is 3.39. The second kappa shape index (κ2) is 7.11. The van der Waals surface area contributed by atoms with Crippen LogP contribution < -0.4 is 15.8 Å². The minimum absolute atomic E-state index is 0.0371. The summed E-state index contributed by atoms with van der Waals surface area (Å²) in [7, 11) is 1.66. The molecule has 0 aliphatic heterocycles. The third-order valence-electron chi connectivity index (χ3n) is 5.35. The Morgan fingerprint density at radius 1 is 1.42 bits per heavy atom. The van der Waals surface area contributed by atoms with E-state index in [0.29, 0.717) is 26.0 Å². The van der Waals surface area contributed by atoms with Crippen molar-refractivity contribution in [3.05, 3.63) is 29.3 Å². The van der Waals surface area contributed by atoms with Crippen molar-refractivity contribution in [1.82, 2.24) is 5.32 Å². The molecule has 1 fully saturated rings. The van der Waals surface area contributed by atoms with E-state index < -0.39 is 5.54 Å². The van der Waals surface area contributed by atoms with Crippen molar-refractivity contribution in [1.29, 1.82) is 0 Å². The second-order valence-electron chi connectivity index (χ2n) is 7.16. The summed E-state index contributed by atoms with van der Waals surface area (Å²) in [6.07, 6.45) is 1.31. The highest BCUT2D eigenvalue weighted by Gasteiger charge is 2.62. The first-order valence-electron chi connectivity index (χ1n) is 8.58. The fourth-order valence-electron chi connectivity index (χ4n) is 3.39. The standard InChI is InChI=1S/C19H30N2O3/c1-6-24-16-12-19(20,18(16,3)4)17(22)21-10-9-14-11-13(2)7-8-15(14)23-5/h7-8,11,16H,6,9-10,12,20H2,1-5H3,(H,21,22). The number of benzene rings is 1. The average molecular weight is 334 g/mol. The Morgan fingerprint density at radius 3 is 2.71 bits per heavy atom. The zero-order chi connectivity index (χ0) is 18.0. The van der Waals surface area contributed by atoms with Gasteiger partial charge in [0.15, 0.2) is 0 Å². The van der Waals surface area contributed by atoms with Crippen LogP contribution in [0.2, 0.25) is 0 Å². The number of carbonyl (C=O) groups is 1. The minimum Gasteiger partial charge on any atom is -0.496 e. The molecule has 1 aliphatic carbocycles. The number of nitrogens with one attached hydrogen (secondary N) is 1. The number of hydrogen-bond acceptors (Lipinski definition) is 4. The van der Waals surface area contributed by atoms with E-state index >= 15 is 0 Å². The second-order valence-corrected chi connectivity index (χ2v) is 7.16. The lowest BCUT2D eigenvalue weighted by Gasteiger charge is -2.57. The molecule has 0 aromatic heterocycles. The summed E-state index contributed by atoms with van der Waals surface area (Å²) in [6.45, 7) is 9.18. The van der Waals surface area contributed by atoms with Crippen molar-refractivity contribution in [3.8, 4) is 5.75 Å². The predicted octanol–water partition coefficient (Wildman–Crippen LogP) is 2.19. The maximum Gasteiger partial charge on any atom is 0.240 e. The highest BCUT2D eigenvalue weighted by atomic mass is 16.5. The number of methoxy groups -OCH3 is 1. The van der Waals surface area contributed by atoms with Gasteiger partial charge in [0.1, 0.15) is 11.3 Å². The van der Waals surface area contributed by atoms with Crippen LogP contribution in [0.3, 0.4) is 0 Å². The molecule has 0 spiro atoms. The Balaban J connectivity index is 1.94. The number of carbonyl (C=O) groups excluding carboxylic acids is 1. The summed E-state index contributed by atoms with van der Waals surface area (Å²) in [6, 6.07) is 6.06. The van der Waals surface area contributed by atoms with Crippen LogP contribution in [0.1, 0.15) is 38.3 Å². The minimum atomic E-state index is -0.872. The molecule has 0 bridgehead atoms. The molecule has 2 rings (SSSR count). The van der Waals surface area contributed by atoms with E-state index in [4.69, 9.17) is 15.2 Å². The largest absolute Gasteiger partial charge is 0.496 e. The number of hydrogen-bond donors (Lipinski definition) is 2. The van der Waals surface area contributed by atoms with E-state index in [1.807, 2.05) is 39.8 Å². The van der Waals surface area contributed by atoms with Crippen LogP contribution in [-0.2, 0) is 16.0 Å². The van der Waals surface area contributed by atoms with Crippen LogP contribution in [0.25, 0.3) is 0 Å². The highest BCUT2D eigenvalue weighted by molar-refractivity contribution is 5.88. The smallest absolute Gasteiger partial charge is 0.240 e. The number of ether oxygens (including phenoxy) is 2. The number of rotatable bonds is 7. The van der Waals surface area contributed by atoms with Crippen molar-refractivity contribution in [3.63, 3.8) is 0 Å². The molecule has 1 amide bonds. The van der Waals surface area contributed by atoms with Crippen molar-refractivity contribution in [2.45, 2.75) is 52.2 Å². The van der Waals surface area contributed by atoms with E-state index in [-0.39, 0.29) is 17.4 Å². The van der Waals surface area contributed by atoms with E-state index in [1.165, 1.54) is 5.56 Å². The Bertz CT molecular complexity index is 600. The Kier molecular flexibility index (Phi) is 5.56. The quantitative estimate of drug-likeness (QED) is 0.802. The molecule has 0 saturated heterocycles. The van der Waals surface area contributed by atoms with Gasteiger partial charge in [0, 0.05) is 25.0 Å². The molecule has 5 nitrogen and oxygen atoms in total. The Hall–Kier alpha value is -1.59. The average Bonchev–Trinajstić information content (AvgIpc) is 2.54. The van der Waals surface area contributed by atoms with Crippen LogP contribution in [0.15, 0.2) is 18.2 Å². The van der Waals surface area contributed by atoms with Gasteiger partial charge < -0.3 is 20.5 Å². The number of amides is 1. The van der Waals surface area contributed by atoms with Crippen LogP contribution in [-0.4, -0.2) is 37.8 Å². The van der Waals surface area contributed by atoms with Gasteiger partial charge in [-0.2, -0.15) is 0 Å². The zero-order valence-corrected chi connectivity index (χ0v) is 15.4. The lowest BCUT2D eigenvalue weighted by molar-refractivity contribution is -0.170. The molecule has 1 saturated carbocycles. The zero-order valence-electron chi connectivity index (χ0n) is 15.4. The highest BCUT2D eigenvalue weighted by Crippen LogP contribution is 2.49. The molecule has 5 heteroatoms. The maximum absolute atomic E-state index is 12.6.